The Morgan fingerprint density at radius 3 is 2.29 bits per heavy atom. The number of cyclic esters (lactones) is 1. The number of halogens is 1. The number of amides is 1. The van der Waals surface area contributed by atoms with Gasteiger partial charge in [-0.25, -0.2) is 4.79 Å². The standard InChI is InChI=1S/C23H22ClNO6/c1-12-5-6-14(9-16(12)24)25-17-11-31-23(27)21(17)15(10-20(25)26)13-7-18(28-2)22(30-4)19(8-13)29-3/h5-9,15H,10-11H2,1-4H3. The van der Waals surface area contributed by atoms with Crippen molar-refractivity contribution >= 4 is 29.2 Å². The van der Waals surface area contributed by atoms with E-state index < -0.39 is 11.9 Å². The van der Waals surface area contributed by atoms with Gasteiger partial charge in [0.15, 0.2) is 11.5 Å². The molecule has 1 amide bonds. The van der Waals surface area contributed by atoms with Gasteiger partial charge in [-0.1, -0.05) is 17.7 Å². The average molecular weight is 444 g/mol. The molecule has 31 heavy (non-hydrogen) atoms. The van der Waals surface area contributed by atoms with Crippen molar-refractivity contribution in [2.45, 2.75) is 19.3 Å². The number of benzene rings is 2. The van der Waals surface area contributed by atoms with Gasteiger partial charge in [-0.15, -0.1) is 0 Å². The SMILES string of the molecule is COc1cc(C2CC(=O)N(c3ccc(C)c(Cl)c3)C3=C2C(=O)OC3)cc(OC)c1OC. The largest absolute Gasteiger partial charge is 0.493 e. The predicted molar refractivity (Wildman–Crippen MR) is 115 cm³/mol. The average Bonchev–Trinajstić information content (AvgIpc) is 3.15. The summed E-state index contributed by atoms with van der Waals surface area (Å²) in [6.45, 7) is 1.91. The number of hydrogen-bond donors (Lipinski definition) is 0. The van der Waals surface area contributed by atoms with Gasteiger partial charge in [0.2, 0.25) is 11.7 Å². The lowest BCUT2D eigenvalue weighted by Gasteiger charge is -2.32. The van der Waals surface area contributed by atoms with Crippen LogP contribution in [0.25, 0.3) is 0 Å². The third kappa shape index (κ3) is 3.49. The van der Waals surface area contributed by atoms with Crippen LogP contribution in [0.5, 0.6) is 17.2 Å². The van der Waals surface area contributed by atoms with Crippen LogP contribution in [-0.2, 0) is 14.3 Å². The number of esters is 1. The third-order valence-corrected chi connectivity index (χ3v) is 6.03. The van der Waals surface area contributed by atoms with Gasteiger partial charge >= 0.3 is 5.97 Å². The summed E-state index contributed by atoms with van der Waals surface area (Å²) in [5.74, 6) is 0.245. The van der Waals surface area contributed by atoms with Crippen LogP contribution in [0.1, 0.15) is 23.5 Å². The molecule has 1 atom stereocenters. The van der Waals surface area contributed by atoms with E-state index >= 15 is 0 Å². The van der Waals surface area contributed by atoms with Crippen LogP contribution in [0.3, 0.4) is 0 Å². The van der Waals surface area contributed by atoms with Crippen molar-refractivity contribution in [1.82, 2.24) is 0 Å². The molecule has 8 heteroatoms. The molecule has 0 fully saturated rings. The first-order chi connectivity index (χ1) is 14.9. The second kappa shape index (κ2) is 8.15. The predicted octanol–water partition coefficient (Wildman–Crippen LogP) is 4.01. The molecule has 0 N–H and O–H groups in total. The Balaban J connectivity index is 1.85. The molecule has 0 radical (unpaired) electrons. The van der Waals surface area contributed by atoms with Crippen LogP contribution in [-0.4, -0.2) is 39.8 Å². The van der Waals surface area contributed by atoms with Crippen LogP contribution in [0.15, 0.2) is 41.6 Å². The number of carbonyl (C=O) groups is 2. The van der Waals surface area contributed by atoms with Crippen molar-refractivity contribution in [3.8, 4) is 17.2 Å². The third-order valence-electron chi connectivity index (χ3n) is 5.62. The number of hydrogen-bond acceptors (Lipinski definition) is 6. The molecule has 0 saturated carbocycles. The van der Waals surface area contributed by atoms with Gasteiger partial charge in [-0.05, 0) is 42.3 Å². The van der Waals surface area contributed by atoms with E-state index in [0.717, 1.165) is 5.56 Å². The highest BCUT2D eigenvalue weighted by Crippen LogP contribution is 2.46. The first-order valence-corrected chi connectivity index (χ1v) is 10.1. The Kier molecular flexibility index (Phi) is 5.54. The van der Waals surface area contributed by atoms with Crippen molar-refractivity contribution < 1.29 is 28.5 Å². The molecule has 2 heterocycles. The molecule has 0 spiro atoms. The number of anilines is 1. The molecule has 2 aliphatic rings. The smallest absolute Gasteiger partial charge is 0.336 e. The van der Waals surface area contributed by atoms with Gasteiger partial charge in [-0.2, -0.15) is 0 Å². The zero-order chi connectivity index (χ0) is 22.3. The maximum absolute atomic E-state index is 13.3. The Morgan fingerprint density at radius 1 is 1.03 bits per heavy atom. The van der Waals surface area contributed by atoms with Crippen molar-refractivity contribution in [3.63, 3.8) is 0 Å². The van der Waals surface area contributed by atoms with Crippen molar-refractivity contribution in [3.05, 3.63) is 57.8 Å². The maximum Gasteiger partial charge on any atom is 0.336 e. The molecule has 0 aliphatic carbocycles. The highest BCUT2D eigenvalue weighted by atomic mass is 35.5. The summed E-state index contributed by atoms with van der Waals surface area (Å²) in [5, 5.41) is 0.546. The molecule has 0 bridgehead atoms. The second-order valence-electron chi connectivity index (χ2n) is 7.31. The van der Waals surface area contributed by atoms with Crippen molar-refractivity contribution in [2.75, 3.05) is 32.8 Å². The molecular formula is C23H22ClNO6. The molecular weight excluding hydrogens is 422 g/mol. The van der Waals surface area contributed by atoms with Gasteiger partial charge in [0.05, 0.1) is 38.3 Å². The summed E-state index contributed by atoms with van der Waals surface area (Å²) in [6.07, 6.45) is 0.0814. The van der Waals surface area contributed by atoms with Crippen LogP contribution in [0.2, 0.25) is 5.02 Å². The molecule has 0 aromatic heterocycles. The zero-order valence-corrected chi connectivity index (χ0v) is 18.4. The molecule has 1 unspecified atom stereocenters. The fraction of sp³-hybridized carbons (Fsp3) is 0.304. The van der Waals surface area contributed by atoms with E-state index in [4.69, 9.17) is 30.5 Å². The van der Waals surface area contributed by atoms with E-state index in [2.05, 4.69) is 0 Å². The molecule has 2 aromatic carbocycles. The van der Waals surface area contributed by atoms with E-state index in [1.54, 1.807) is 18.2 Å². The Bertz CT molecular complexity index is 1080. The lowest BCUT2D eigenvalue weighted by molar-refractivity contribution is -0.136. The second-order valence-corrected chi connectivity index (χ2v) is 7.72. The fourth-order valence-corrected chi connectivity index (χ4v) is 4.24. The summed E-state index contributed by atoms with van der Waals surface area (Å²) in [7, 11) is 4.55. The topological polar surface area (TPSA) is 74.3 Å². The van der Waals surface area contributed by atoms with Crippen LogP contribution < -0.4 is 19.1 Å². The van der Waals surface area contributed by atoms with E-state index in [9.17, 15) is 9.59 Å². The molecule has 2 aliphatic heterocycles. The highest BCUT2D eigenvalue weighted by Gasteiger charge is 2.43. The summed E-state index contributed by atoms with van der Waals surface area (Å²) in [5.41, 5.74) is 3.19. The lowest BCUT2D eigenvalue weighted by atomic mass is 9.83. The molecule has 2 aromatic rings. The molecule has 7 nitrogen and oxygen atoms in total. The van der Waals surface area contributed by atoms with Crippen molar-refractivity contribution in [1.29, 1.82) is 0 Å². The van der Waals surface area contributed by atoms with Crippen LogP contribution >= 0.6 is 11.6 Å². The summed E-state index contributed by atoms with van der Waals surface area (Å²) < 4.78 is 21.6. The van der Waals surface area contributed by atoms with Crippen LogP contribution in [0.4, 0.5) is 5.69 Å². The summed E-state index contributed by atoms with van der Waals surface area (Å²) >= 11 is 6.28. The van der Waals surface area contributed by atoms with Gasteiger partial charge in [0.25, 0.3) is 0 Å². The normalized spacial score (nSPS) is 18.1. The quantitative estimate of drug-likeness (QED) is 0.650. The number of aryl methyl sites for hydroxylation is 1. The number of carbonyl (C=O) groups excluding carboxylic acids is 2. The zero-order valence-electron chi connectivity index (χ0n) is 17.7. The Morgan fingerprint density at radius 2 is 1.71 bits per heavy atom. The first-order valence-electron chi connectivity index (χ1n) is 9.68. The number of nitrogens with zero attached hydrogens (tertiary/aromatic N) is 1. The monoisotopic (exact) mass is 443 g/mol. The van der Waals surface area contributed by atoms with E-state index in [0.29, 0.717) is 44.8 Å². The highest BCUT2D eigenvalue weighted by molar-refractivity contribution is 6.31. The Hall–Kier alpha value is -3.19. The molecule has 0 saturated heterocycles. The van der Waals surface area contributed by atoms with Gasteiger partial charge in [0.1, 0.15) is 6.61 Å². The van der Waals surface area contributed by atoms with Gasteiger partial charge in [0, 0.05) is 17.4 Å². The minimum Gasteiger partial charge on any atom is -0.493 e. The molecule has 162 valence electrons. The fourth-order valence-electron chi connectivity index (χ4n) is 4.06. The number of ether oxygens (including phenoxy) is 4. The summed E-state index contributed by atoms with van der Waals surface area (Å²) in [4.78, 5) is 27.5. The van der Waals surface area contributed by atoms with Gasteiger partial charge in [-0.3, -0.25) is 9.69 Å². The Labute approximate surface area is 185 Å². The number of methoxy groups -OCH3 is 3. The van der Waals surface area contributed by atoms with E-state index in [-0.39, 0.29) is 18.9 Å². The minimum atomic E-state index is -0.497. The maximum atomic E-state index is 13.3. The lowest BCUT2D eigenvalue weighted by Crippen LogP contribution is -2.37. The molecule has 4 rings (SSSR count). The van der Waals surface area contributed by atoms with Crippen molar-refractivity contribution in [2.24, 2.45) is 0 Å². The summed E-state index contributed by atoms with van der Waals surface area (Å²) in [6, 6.07) is 8.89. The number of rotatable bonds is 5. The minimum absolute atomic E-state index is 0.0202. The van der Waals surface area contributed by atoms with Gasteiger partial charge < -0.3 is 18.9 Å². The van der Waals surface area contributed by atoms with E-state index in [1.807, 2.05) is 19.1 Å². The van der Waals surface area contributed by atoms with Crippen LogP contribution in [0, 0.1) is 6.92 Å². The first kappa shape index (κ1) is 21.1. The van der Waals surface area contributed by atoms with E-state index in [1.165, 1.54) is 26.2 Å².